The zero-order chi connectivity index (χ0) is 16.3. The summed E-state index contributed by atoms with van der Waals surface area (Å²) < 4.78 is 11.1. The van der Waals surface area contributed by atoms with Gasteiger partial charge in [-0.1, -0.05) is 23.2 Å². The van der Waals surface area contributed by atoms with Gasteiger partial charge in [-0.3, -0.25) is 0 Å². The fraction of sp³-hybridized carbons (Fsp3) is 0.235. The zero-order valence-corrected chi connectivity index (χ0v) is 14.0. The molecule has 0 spiro atoms. The van der Waals surface area contributed by atoms with E-state index >= 15 is 0 Å². The molecule has 0 N–H and O–H groups in total. The second-order valence-electron chi connectivity index (χ2n) is 5.37. The summed E-state index contributed by atoms with van der Waals surface area (Å²) in [5.74, 6) is 0.509. The Balaban J connectivity index is 2.11. The average molecular weight is 339 g/mol. The van der Waals surface area contributed by atoms with Crippen LogP contribution in [0.5, 0.6) is 11.5 Å². The molecule has 3 nitrogen and oxygen atoms in total. The van der Waals surface area contributed by atoms with Gasteiger partial charge >= 0.3 is 5.97 Å². The van der Waals surface area contributed by atoms with Gasteiger partial charge in [-0.2, -0.15) is 0 Å². The number of ether oxygens (including phenoxy) is 2. The first-order chi connectivity index (χ1) is 10.3. The van der Waals surface area contributed by atoms with Crippen LogP contribution in [0.2, 0.25) is 10.0 Å². The summed E-state index contributed by atoms with van der Waals surface area (Å²) in [5, 5.41) is 1.19. The highest BCUT2D eigenvalue weighted by atomic mass is 35.5. The maximum atomic E-state index is 12.3. The quantitative estimate of drug-likeness (QED) is 0.577. The minimum atomic E-state index is -1.14. The van der Waals surface area contributed by atoms with E-state index in [4.69, 9.17) is 32.7 Å². The summed E-state index contributed by atoms with van der Waals surface area (Å²) in [7, 11) is 0. The minimum Gasteiger partial charge on any atom is -0.476 e. The number of aryl methyl sites for hydroxylation is 1. The van der Waals surface area contributed by atoms with Crippen molar-refractivity contribution < 1.29 is 14.3 Å². The number of halogens is 2. The van der Waals surface area contributed by atoms with Crippen LogP contribution in [0.1, 0.15) is 19.4 Å². The van der Waals surface area contributed by atoms with Gasteiger partial charge in [0.05, 0.1) is 0 Å². The summed E-state index contributed by atoms with van der Waals surface area (Å²) in [6.07, 6.45) is 0. The fourth-order valence-corrected chi connectivity index (χ4v) is 2.14. The van der Waals surface area contributed by atoms with E-state index in [0.717, 1.165) is 5.56 Å². The number of rotatable bonds is 4. The molecule has 0 atom stereocenters. The van der Waals surface area contributed by atoms with Crippen molar-refractivity contribution in [3.05, 3.63) is 58.1 Å². The van der Waals surface area contributed by atoms with E-state index in [1.54, 1.807) is 56.3 Å². The molecular formula is C17H16Cl2O3. The third-order valence-electron chi connectivity index (χ3n) is 3.02. The van der Waals surface area contributed by atoms with Crippen LogP contribution >= 0.6 is 23.2 Å². The largest absolute Gasteiger partial charge is 0.476 e. The van der Waals surface area contributed by atoms with Crippen molar-refractivity contribution in [1.82, 2.24) is 0 Å². The number of hydrogen-bond acceptors (Lipinski definition) is 3. The Morgan fingerprint density at radius 3 is 2.18 bits per heavy atom. The van der Waals surface area contributed by atoms with Crippen LogP contribution in [-0.2, 0) is 4.79 Å². The van der Waals surface area contributed by atoms with Crippen LogP contribution in [0.4, 0.5) is 0 Å². The predicted octanol–water partition coefficient (Wildman–Crippen LogP) is 5.06. The molecule has 0 radical (unpaired) electrons. The highest BCUT2D eigenvalue weighted by Crippen LogP contribution is 2.25. The lowest BCUT2D eigenvalue weighted by Gasteiger charge is -2.24. The van der Waals surface area contributed by atoms with Gasteiger partial charge in [0.25, 0.3) is 0 Å². The third kappa shape index (κ3) is 4.15. The Hall–Kier alpha value is -1.71. The zero-order valence-electron chi connectivity index (χ0n) is 12.5. The molecule has 0 aromatic heterocycles. The molecule has 2 rings (SSSR count). The standard InChI is InChI=1S/C17H16Cl2O3/c1-11-10-13(19)6-9-15(11)21-16(20)17(2,3)22-14-7-4-12(18)5-8-14/h4-10H,1-3H3. The maximum absolute atomic E-state index is 12.3. The van der Waals surface area contributed by atoms with E-state index in [9.17, 15) is 4.79 Å². The lowest BCUT2D eigenvalue weighted by atomic mass is 10.1. The van der Waals surface area contributed by atoms with E-state index in [1.165, 1.54) is 0 Å². The summed E-state index contributed by atoms with van der Waals surface area (Å²) in [6.45, 7) is 5.12. The van der Waals surface area contributed by atoms with Crippen molar-refractivity contribution in [3.8, 4) is 11.5 Å². The predicted molar refractivity (Wildman–Crippen MR) is 88.0 cm³/mol. The van der Waals surface area contributed by atoms with Gasteiger partial charge in [-0.25, -0.2) is 4.79 Å². The molecule has 0 fully saturated rings. The second kappa shape index (κ2) is 6.59. The van der Waals surface area contributed by atoms with Crippen LogP contribution in [0, 0.1) is 6.92 Å². The highest BCUT2D eigenvalue weighted by molar-refractivity contribution is 6.30. The van der Waals surface area contributed by atoms with Gasteiger partial charge in [0.2, 0.25) is 5.60 Å². The van der Waals surface area contributed by atoms with Crippen LogP contribution in [0.15, 0.2) is 42.5 Å². The van der Waals surface area contributed by atoms with E-state index < -0.39 is 11.6 Å². The fourth-order valence-electron chi connectivity index (χ4n) is 1.79. The Labute approximate surface area is 139 Å². The first-order valence-corrected chi connectivity index (χ1v) is 7.46. The molecule has 5 heteroatoms. The molecule has 2 aromatic carbocycles. The lowest BCUT2D eigenvalue weighted by molar-refractivity contribution is -0.149. The highest BCUT2D eigenvalue weighted by Gasteiger charge is 2.32. The molecule has 22 heavy (non-hydrogen) atoms. The van der Waals surface area contributed by atoms with E-state index in [2.05, 4.69) is 0 Å². The van der Waals surface area contributed by atoms with Gasteiger partial charge in [-0.05, 0) is 68.8 Å². The molecule has 2 aromatic rings. The average Bonchev–Trinajstić information content (AvgIpc) is 2.44. The van der Waals surface area contributed by atoms with Gasteiger partial charge in [0.15, 0.2) is 0 Å². The second-order valence-corrected chi connectivity index (χ2v) is 6.24. The van der Waals surface area contributed by atoms with Crippen molar-refractivity contribution in [1.29, 1.82) is 0 Å². The molecule has 0 saturated carbocycles. The summed E-state index contributed by atoms with van der Waals surface area (Å²) in [5.41, 5.74) is -0.358. The summed E-state index contributed by atoms with van der Waals surface area (Å²) in [6, 6.07) is 11.9. The first-order valence-electron chi connectivity index (χ1n) is 6.71. The number of carbonyl (C=O) groups excluding carboxylic acids is 1. The Morgan fingerprint density at radius 2 is 1.59 bits per heavy atom. The molecule has 116 valence electrons. The van der Waals surface area contributed by atoms with Crippen molar-refractivity contribution in [2.75, 3.05) is 0 Å². The summed E-state index contributed by atoms with van der Waals surface area (Å²) in [4.78, 5) is 12.3. The number of esters is 1. The topological polar surface area (TPSA) is 35.5 Å². The van der Waals surface area contributed by atoms with Crippen molar-refractivity contribution in [2.45, 2.75) is 26.4 Å². The van der Waals surface area contributed by atoms with Crippen LogP contribution < -0.4 is 9.47 Å². The normalized spacial score (nSPS) is 11.1. The molecule has 0 heterocycles. The molecule has 0 unspecified atom stereocenters. The minimum absolute atomic E-state index is 0.460. The van der Waals surface area contributed by atoms with Gasteiger partial charge in [0, 0.05) is 10.0 Å². The molecular weight excluding hydrogens is 323 g/mol. The molecule has 0 aliphatic rings. The number of hydrogen-bond donors (Lipinski definition) is 0. The van der Waals surface area contributed by atoms with E-state index in [1.807, 2.05) is 6.92 Å². The van der Waals surface area contributed by atoms with E-state index in [-0.39, 0.29) is 0 Å². The Bertz CT molecular complexity index is 679. The Morgan fingerprint density at radius 1 is 1.00 bits per heavy atom. The van der Waals surface area contributed by atoms with Crippen LogP contribution in [-0.4, -0.2) is 11.6 Å². The monoisotopic (exact) mass is 338 g/mol. The lowest BCUT2D eigenvalue weighted by Crippen LogP contribution is -2.41. The van der Waals surface area contributed by atoms with Crippen LogP contribution in [0.3, 0.4) is 0 Å². The number of benzene rings is 2. The smallest absolute Gasteiger partial charge is 0.355 e. The Kier molecular flexibility index (Phi) is 4.99. The summed E-state index contributed by atoms with van der Waals surface area (Å²) >= 11 is 11.7. The van der Waals surface area contributed by atoms with Gasteiger partial charge < -0.3 is 9.47 Å². The SMILES string of the molecule is Cc1cc(Cl)ccc1OC(=O)C(C)(C)Oc1ccc(Cl)cc1. The third-order valence-corrected chi connectivity index (χ3v) is 3.50. The van der Waals surface area contributed by atoms with E-state index in [0.29, 0.717) is 21.5 Å². The van der Waals surface area contributed by atoms with Crippen molar-refractivity contribution in [3.63, 3.8) is 0 Å². The van der Waals surface area contributed by atoms with Gasteiger partial charge in [-0.15, -0.1) is 0 Å². The molecule has 0 saturated heterocycles. The maximum Gasteiger partial charge on any atom is 0.355 e. The van der Waals surface area contributed by atoms with Crippen molar-refractivity contribution >= 4 is 29.2 Å². The first kappa shape index (κ1) is 16.7. The molecule has 0 aliphatic heterocycles. The van der Waals surface area contributed by atoms with Crippen molar-refractivity contribution in [2.24, 2.45) is 0 Å². The van der Waals surface area contributed by atoms with Crippen LogP contribution in [0.25, 0.3) is 0 Å². The molecule has 0 amide bonds. The number of carbonyl (C=O) groups is 1. The molecule has 0 aliphatic carbocycles. The van der Waals surface area contributed by atoms with Gasteiger partial charge in [0.1, 0.15) is 11.5 Å². The molecule has 0 bridgehead atoms.